The summed E-state index contributed by atoms with van der Waals surface area (Å²) < 4.78 is 34.3. The van der Waals surface area contributed by atoms with Gasteiger partial charge in [0.05, 0.1) is 59.0 Å². The highest BCUT2D eigenvalue weighted by molar-refractivity contribution is 9.10. The standard InChI is InChI=1S/C21H34BrNO6/c1-2-3-6-24-7-8-25-9-10-26-11-12-27-13-14-28-19-15-20(16-19)29-21-5-4-18(22)17-23-21/h4-5,17,19-20H,2-3,6-16H2,1H3. The number of aromatic nitrogens is 1. The normalized spacial score (nSPS) is 18.6. The number of hydrogen-bond acceptors (Lipinski definition) is 7. The minimum atomic E-state index is 0.188. The van der Waals surface area contributed by atoms with E-state index in [-0.39, 0.29) is 12.2 Å². The number of ether oxygens (including phenoxy) is 6. The molecule has 0 N–H and O–H groups in total. The lowest BCUT2D eigenvalue weighted by molar-refractivity contribution is -0.0797. The van der Waals surface area contributed by atoms with E-state index in [0.29, 0.717) is 58.7 Å². The molecule has 0 bridgehead atoms. The van der Waals surface area contributed by atoms with Gasteiger partial charge in [0.1, 0.15) is 6.10 Å². The first-order valence-corrected chi connectivity index (χ1v) is 11.3. The van der Waals surface area contributed by atoms with E-state index >= 15 is 0 Å². The van der Waals surface area contributed by atoms with Crippen LogP contribution in [0.1, 0.15) is 32.6 Å². The van der Waals surface area contributed by atoms with Crippen LogP contribution in [0.15, 0.2) is 22.8 Å². The van der Waals surface area contributed by atoms with E-state index in [1.807, 2.05) is 12.1 Å². The third kappa shape index (κ3) is 11.9. The fourth-order valence-corrected chi connectivity index (χ4v) is 2.87. The second kappa shape index (κ2) is 16.0. The van der Waals surface area contributed by atoms with Gasteiger partial charge in [-0.2, -0.15) is 0 Å². The van der Waals surface area contributed by atoms with E-state index in [1.165, 1.54) is 0 Å². The third-order valence-electron chi connectivity index (χ3n) is 4.38. The van der Waals surface area contributed by atoms with Crippen molar-refractivity contribution >= 4 is 15.9 Å². The minimum absolute atomic E-state index is 0.188. The summed E-state index contributed by atoms with van der Waals surface area (Å²) in [6, 6.07) is 3.79. The second-order valence-electron chi connectivity index (χ2n) is 6.82. The fourth-order valence-electron chi connectivity index (χ4n) is 2.63. The lowest BCUT2D eigenvalue weighted by atomic mass is 9.92. The van der Waals surface area contributed by atoms with Gasteiger partial charge in [-0.15, -0.1) is 0 Å². The van der Waals surface area contributed by atoms with Crippen molar-refractivity contribution in [1.82, 2.24) is 4.98 Å². The summed E-state index contributed by atoms with van der Waals surface area (Å²) in [5, 5.41) is 0. The monoisotopic (exact) mass is 475 g/mol. The predicted octanol–water partition coefficient (Wildman–Crippen LogP) is 3.64. The Bertz CT molecular complexity index is 512. The Kier molecular flexibility index (Phi) is 13.5. The fraction of sp³-hybridized carbons (Fsp3) is 0.762. The molecule has 0 radical (unpaired) electrons. The summed E-state index contributed by atoms with van der Waals surface area (Å²) >= 11 is 3.36. The third-order valence-corrected chi connectivity index (χ3v) is 4.85. The van der Waals surface area contributed by atoms with Crippen molar-refractivity contribution in [3.05, 3.63) is 22.8 Å². The summed E-state index contributed by atoms with van der Waals surface area (Å²) in [7, 11) is 0. The van der Waals surface area contributed by atoms with Gasteiger partial charge in [-0.05, 0) is 28.4 Å². The molecule has 0 saturated heterocycles. The quantitative estimate of drug-likeness (QED) is 0.300. The lowest BCUT2D eigenvalue weighted by Crippen LogP contribution is -2.40. The van der Waals surface area contributed by atoms with Crippen molar-refractivity contribution in [1.29, 1.82) is 0 Å². The maximum Gasteiger partial charge on any atom is 0.213 e. The molecule has 1 aromatic heterocycles. The molecule has 0 aromatic carbocycles. The number of rotatable bonds is 18. The van der Waals surface area contributed by atoms with Gasteiger partial charge in [-0.1, -0.05) is 13.3 Å². The Balaban J connectivity index is 1.28. The number of pyridine rings is 1. The molecule has 0 amide bonds. The van der Waals surface area contributed by atoms with Crippen molar-refractivity contribution in [3.8, 4) is 5.88 Å². The molecule has 0 unspecified atom stereocenters. The van der Waals surface area contributed by atoms with Crippen LogP contribution in [0.3, 0.4) is 0 Å². The minimum Gasteiger partial charge on any atom is -0.474 e. The van der Waals surface area contributed by atoms with Crippen LogP contribution in [-0.4, -0.2) is 76.7 Å². The number of unbranched alkanes of at least 4 members (excludes halogenated alkanes) is 1. The summed E-state index contributed by atoms with van der Waals surface area (Å²) in [5.41, 5.74) is 0. The van der Waals surface area contributed by atoms with Crippen molar-refractivity contribution in [2.24, 2.45) is 0 Å². The molecule has 166 valence electrons. The van der Waals surface area contributed by atoms with Crippen molar-refractivity contribution in [2.45, 2.75) is 44.8 Å². The van der Waals surface area contributed by atoms with Gasteiger partial charge in [0.15, 0.2) is 0 Å². The molecular weight excluding hydrogens is 442 g/mol. The Morgan fingerprint density at radius 1 is 0.828 bits per heavy atom. The highest BCUT2D eigenvalue weighted by atomic mass is 79.9. The first-order chi connectivity index (χ1) is 14.3. The molecule has 0 atom stereocenters. The molecule has 1 heterocycles. The summed E-state index contributed by atoms with van der Waals surface area (Å²) in [6.07, 6.45) is 6.22. The zero-order valence-corrected chi connectivity index (χ0v) is 18.9. The van der Waals surface area contributed by atoms with Gasteiger partial charge in [-0.3, -0.25) is 0 Å². The first kappa shape index (κ1) is 24.5. The Morgan fingerprint density at radius 2 is 1.41 bits per heavy atom. The van der Waals surface area contributed by atoms with E-state index in [0.717, 1.165) is 36.8 Å². The number of hydrogen-bond donors (Lipinski definition) is 0. The van der Waals surface area contributed by atoms with Crippen LogP contribution in [0.5, 0.6) is 5.88 Å². The maximum atomic E-state index is 5.79. The Labute approximate surface area is 182 Å². The number of halogens is 1. The van der Waals surface area contributed by atoms with Gasteiger partial charge in [0, 0.05) is 36.2 Å². The summed E-state index contributed by atoms with van der Waals surface area (Å²) in [4.78, 5) is 4.22. The first-order valence-electron chi connectivity index (χ1n) is 10.5. The summed E-state index contributed by atoms with van der Waals surface area (Å²) in [5.74, 6) is 0.658. The van der Waals surface area contributed by atoms with Crippen LogP contribution in [0, 0.1) is 0 Å². The van der Waals surface area contributed by atoms with Crippen LogP contribution >= 0.6 is 15.9 Å². The highest BCUT2D eigenvalue weighted by Gasteiger charge is 2.31. The van der Waals surface area contributed by atoms with Crippen LogP contribution < -0.4 is 4.74 Å². The molecule has 0 aliphatic heterocycles. The zero-order chi connectivity index (χ0) is 20.6. The van der Waals surface area contributed by atoms with E-state index in [1.54, 1.807) is 6.20 Å². The van der Waals surface area contributed by atoms with Gasteiger partial charge in [-0.25, -0.2) is 4.98 Å². The summed E-state index contributed by atoms with van der Waals surface area (Å²) in [6.45, 7) is 7.69. The van der Waals surface area contributed by atoms with Crippen LogP contribution in [-0.2, 0) is 23.7 Å². The molecular formula is C21H34BrNO6. The van der Waals surface area contributed by atoms with E-state index in [4.69, 9.17) is 28.4 Å². The second-order valence-corrected chi connectivity index (χ2v) is 7.74. The largest absolute Gasteiger partial charge is 0.474 e. The Morgan fingerprint density at radius 3 is 1.97 bits per heavy atom. The highest BCUT2D eigenvalue weighted by Crippen LogP contribution is 2.27. The van der Waals surface area contributed by atoms with Gasteiger partial charge in [0.2, 0.25) is 5.88 Å². The average Bonchev–Trinajstić information content (AvgIpc) is 2.70. The van der Waals surface area contributed by atoms with E-state index < -0.39 is 0 Å². The molecule has 29 heavy (non-hydrogen) atoms. The van der Waals surface area contributed by atoms with Crippen molar-refractivity contribution < 1.29 is 28.4 Å². The van der Waals surface area contributed by atoms with Crippen molar-refractivity contribution in [2.75, 3.05) is 59.5 Å². The topological polar surface area (TPSA) is 68.3 Å². The van der Waals surface area contributed by atoms with Gasteiger partial charge in [0.25, 0.3) is 0 Å². The molecule has 0 spiro atoms. The smallest absolute Gasteiger partial charge is 0.213 e. The maximum absolute atomic E-state index is 5.79. The molecule has 8 heteroatoms. The SMILES string of the molecule is CCCCOCCOCCOCCOCCOC1CC(Oc2ccc(Br)cn2)C1. The molecule has 1 aliphatic carbocycles. The lowest BCUT2D eigenvalue weighted by Gasteiger charge is -2.34. The van der Waals surface area contributed by atoms with E-state index in [2.05, 4.69) is 27.8 Å². The molecule has 1 fully saturated rings. The molecule has 2 rings (SSSR count). The Hall–Kier alpha value is -0.770. The number of nitrogens with zero attached hydrogens (tertiary/aromatic N) is 1. The molecule has 1 aromatic rings. The van der Waals surface area contributed by atoms with Crippen LogP contribution in [0.2, 0.25) is 0 Å². The van der Waals surface area contributed by atoms with Crippen LogP contribution in [0.25, 0.3) is 0 Å². The predicted molar refractivity (Wildman–Crippen MR) is 114 cm³/mol. The van der Waals surface area contributed by atoms with Crippen molar-refractivity contribution in [3.63, 3.8) is 0 Å². The van der Waals surface area contributed by atoms with E-state index in [9.17, 15) is 0 Å². The zero-order valence-electron chi connectivity index (χ0n) is 17.4. The van der Waals surface area contributed by atoms with Crippen LogP contribution in [0.4, 0.5) is 0 Å². The average molecular weight is 476 g/mol. The molecule has 1 aliphatic rings. The molecule has 7 nitrogen and oxygen atoms in total. The van der Waals surface area contributed by atoms with Gasteiger partial charge < -0.3 is 28.4 Å². The molecule has 1 saturated carbocycles. The van der Waals surface area contributed by atoms with Gasteiger partial charge >= 0.3 is 0 Å².